The van der Waals surface area contributed by atoms with Gasteiger partial charge in [0.15, 0.2) is 5.70 Å². The van der Waals surface area contributed by atoms with Crippen LogP contribution >= 0.6 is 0 Å². The van der Waals surface area contributed by atoms with E-state index in [4.69, 9.17) is 4.74 Å². The zero-order valence-electron chi connectivity index (χ0n) is 9.85. The van der Waals surface area contributed by atoms with Gasteiger partial charge in [-0.25, -0.2) is 9.79 Å². The van der Waals surface area contributed by atoms with Gasteiger partial charge in [0, 0.05) is 12.4 Å². The van der Waals surface area contributed by atoms with Crippen LogP contribution in [0.4, 0.5) is 0 Å². The van der Waals surface area contributed by atoms with Gasteiger partial charge in [0.05, 0.1) is 5.69 Å². The highest BCUT2D eigenvalue weighted by Crippen LogP contribution is 2.17. The number of cyclic esters (lactones) is 1. The number of hydrogen-bond acceptors (Lipinski definition) is 5. The van der Waals surface area contributed by atoms with Crippen molar-refractivity contribution in [3.63, 3.8) is 0 Å². The molecule has 0 radical (unpaired) electrons. The number of hydrogen-bond donors (Lipinski definition) is 0. The fourth-order valence-electron chi connectivity index (χ4n) is 1.61. The first-order valence-corrected chi connectivity index (χ1v) is 5.68. The van der Waals surface area contributed by atoms with E-state index in [1.807, 2.05) is 6.07 Å². The van der Waals surface area contributed by atoms with E-state index in [1.54, 1.807) is 48.8 Å². The minimum atomic E-state index is -0.494. The van der Waals surface area contributed by atoms with Crippen LogP contribution in [0.3, 0.4) is 0 Å². The Morgan fingerprint density at radius 2 is 1.79 bits per heavy atom. The quantitative estimate of drug-likeness (QED) is 0.603. The SMILES string of the molecule is O=C1OC(c2ccccn2)=N/C1=C/c1ccccn1. The Morgan fingerprint density at radius 1 is 1.00 bits per heavy atom. The Morgan fingerprint density at radius 3 is 2.47 bits per heavy atom. The van der Waals surface area contributed by atoms with Crippen molar-refractivity contribution in [3.8, 4) is 0 Å². The number of aromatic nitrogens is 2. The standard InChI is InChI=1S/C14H9N3O2/c18-14-12(9-10-5-1-3-7-15-10)17-13(19-14)11-6-2-4-8-16-11/h1-9H/b12-9+. The van der Waals surface area contributed by atoms with E-state index in [0.717, 1.165) is 0 Å². The van der Waals surface area contributed by atoms with Crippen molar-refractivity contribution in [1.82, 2.24) is 9.97 Å². The maximum atomic E-state index is 11.7. The average molecular weight is 251 g/mol. The van der Waals surface area contributed by atoms with Gasteiger partial charge in [-0.2, -0.15) is 0 Å². The fraction of sp³-hybridized carbons (Fsp3) is 0. The largest absolute Gasteiger partial charge is 0.400 e. The molecule has 0 aromatic carbocycles. The number of nitrogens with zero attached hydrogens (tertiary/aromatic N) is 3. The van der Waals surface area contributed by atoms with Gasteiger partial charge in [-0.1, -0.05) is 12.1 Å². The van der Waals surface area contributed by atoms with Crippen LogP contribution in [0, 0.1) is 0 Å². The van der Waals surface area contributed by atoms with Crippen molar-refractivity contribution in [2.45, 2.75) is 0 Å². The van der Waals surface area contributed by atoms with E-state index in [9.17, 15) is 4.79 Å². The summed E-state index contributed by atoms with van der Waals surface area (Å²) >= 11 is 0. The van der Waals surface area contributed by atoms with Crippen molar-refractivity contribution in [2.75, 3.05) is 0 Å². The smallest absolute Gasteiger partial charge is 0.363 e. The Balaban J connectivity index is 1.94. The maximum Gasteiger partial charge on any atom is 0.363 e. The molecule has 5 heteroatoms. The topological polar surface area (TPSA) is 64.4 Å². The van der Waals surface area contributed by atoms with Gasteiger partial charge in [0.1, 0.15) is 5.69 Å². The molecule has 0 saturated carbocycles. The Labute approximate surface area is 109 Å². The van der Waals surface area contributed by atoms with Gasteiger partial charge in [-0.15, -0.1) is 0 Å². The molecule has 19 heavy (non-hydrogen) atoms. The molecule has 0 spiro atoms. The first kappa shape index (κ1) is 11.3. The number of rotatable bonds is 2. The highest BCUT2D eigenvalue weighted by molar-refractivity contribution is 6.12. The number of ether oxygens (including phenoxy) is 1. The van der Waals surface area contributed by atoms with Crippen LogP contribution in [-0.2, 0) is 9.53 Å². The normalized spacial score (nSPS) is 16.3. The molecule has 0 saturated heterocycles. The molecule has 0 aliphatic carbocycles. The third kappa shape index (κ3) is 2.40. The second-order valence-electron chi connectivity index (χ2n) is 3.81. The molecule has 0 atom stereocenters. The monoisotopic (exact) mass is 251 g/mol. The molecule has 0 bridgehead atoms. The third-order valence-corrected chi connectivity index (χ3v) is 2.48. The first-order chi connectivity index (χ1) is 9.33. The molecular formula is C14H9N3O2. The van der Waals surface area contributed by atoms with Crippen LogP contribution in [0.1, 0.15) is 11.4 Å². The molecule has 1 aliphatic heterocycles. The van der Waals surface area contributed by atoms with Crippen LogP contribution < -0.4 is 0 Å². The van der Waals surface area contributed by atoms with Crippen LogP contribution in [0.5, 0.6) is 0 Å². The van der Waals surface area contributed by atoms with E-state index in [2.05, 4.69) is 15.0 Å². The number of esters is 1. The second-order valence-corrected chi connectivity index (χ2v) is 3.81. The van der Waals surface area contributed by atoms with E-state index in [0.29, 0.717) is 11.4 Å². The molecule has 3 heterocycles. The summed E-state index contributed by atoms with van der Waals surface area (Å²) < 4.78 is 5.08. The molecule has 0 amide bonds. The van der Waals surface area contributed by atoms with Gasteiger partial charge < -0.3 is 4.74 Å². The minimum absolute atomic E-state index is 0.216. The molecule has 1 aliphatic rings. The molecule has 0 fully saturated rings. The highest BCUT2D eigenvalue weighted by atomic mass is 16.6. The van der Waals surface area contributed by atoms with Crippen molar-refractivity contribution in [3.05, 3.63) is 65.9 Å². The zero-order chi connectivity index (χ0) is 13.1. The van der Waals surface area contributed by atoms with E-state index in [-0.39, 0.29) is 11.6 Å². The lowest BCUT2D eigenvalue weighted by Crippen LogP contribution is -2.06. The minimum Gasteiger partial charge on any atom is -0.400 e. The fourth-order valence-corrected chi connectivity index (χ4v) is 1.61. The molecule has 0 N–H and O–H groups in total. The summed E-state index contributed by atoms with van der Waals surface area (Å²) in [4.78, 5) is 24.0. The third-order valence-electron chi connectivity index (χ3n) is 2.48. The molecular weight excluding hydrogens is 242 g/mol. The molecule has 5 nitrogen and oxygen atoms in total. The van der Waals surface area contributed by atoms with Gasteiger partial charge >= 0.3 is 5.97 Å². The van der Waals surface area contributed by atoms with Gasteiger partial charge in [0.2, 0.25) is 5.90 Å². The maximum absolute atomic E-state index is 11.7. The molecule has 2 aromatic heterocycles. The number of carbonyl (C=O) groups is 1. The second kappa shape index (κ2) is 4.81. The van der Waals surface area contributed by atoms with Gasteiger partial charge in [-0.3, -0.25) is 9.97 Å². The van der Waals surface area contributed by atoms with Crippen LogP contribution in [0.25, 0.3) is 6.08 Å². The van der Waals surface area contributed by atoms with E-state index in [1.165, 1.54) is 0 Å². The Hall–Kier alpha value is -2.82. The summed E-state index contributed by atoms with van der Waals surface area (Å²) in [7, 11) is 0. The highest BCUT2D eigenvalue weighted by Gasteiger charge is 2.24. The van der Waals surface area contributed by atoms with E-state index < -0.39 is 5.97 Å². The van der Waals surface area contributed by atoms with Crippen molar-refractivity contribution in [2.24, 2.45) is 4.99 Å². The Kier molecular flexibility index (Phi) is 2.86. The van der Waals surface area contributed by atoms with E-state index >= 15 is 0 Å². The lowest BCUT2D eigenvalue weighted by atomic mass is 10.3. The summed E-state index contributed by atoms with van der Waals surface area (Å²) in [6, 6.07) is 10.7. The van der Waals surface area contributed by atoms with Crippen LogP contribution in [-0.4, -0.2) is 21.8 Å². The summed E-state index contributed by atoms with van der Waals surface area (Å²) in [6.45, 7) is 0. The number of carbonyl (C=O) groups excluding carboxylic acids is 1. The van der Waals surface area contributed by atoms with Crippen molar-refractivity contribution >= 4 is 17.9 Å². The van der Waals surface area contributed by atoms with Gasteiger partial charge in [0.25, 0.3) is 0 Å². The number of pyridine rings is 2. The lowest BCUT2D eigenvalue weighted by molar-refractivity contribution is -0.129. The van der Waals surface area contributed by atoms with Crippen molar-refractivity contribution in [1.29, 1.82) is 0 Å². The first-order valence-electron chi connectivity index (χ1n) is 5.68. The van der Waals surface area contributed by atoms with Gasteiger partial charge in [-0.05, 0) is 30.3 Å². The van der Waals surface area contributed by atoms with Crippen LogP contribution in [0.2, 0.25) is 0 Å². The Bertz CT molecular complexity index is 664. The predicted molar refractivity (Wildman–Crippen MR) is 69.1 cm³/mol. The number of aliphatic imine (C=N–C) groups is 1. The lowest BCUT2D eigenvalue weighted by Gasteiger charge is -1.96. The molecule has 92 valence electrons. The van der Waals surface area contributed by atoms with Crippen LogP contribution in [0.15, 0.2) is 59.5 Å². The molecule has 0 unspecified atom stereocenters. The zero-order valence-corrected chi connectivity index (χ0v) is 9.85. The predicted octanol–water partition coefficient (Wildman–Crippen LogP) is 1.82. The summed E-state index contributed by atoms with van der Waals surface area (Å²) in [5.41, 5.74) is 1.40. The van der Waals surface area contributed by atoms with Crippen molar-refractivity contribution < 1.29 is 9.53 Å². The average Bonchev–Trinajstić information content (AvgIpc) is 2.82. The summed E-state index contributed by atoms with van der Waals surface area (Å²) in [6.07, 6.45) is 4.85. The summed E-state index contributed by atoms with van der Waals surface area (Å²) in [5, 5.41) is 0. The molecule has 2 aromatic rings. The summed E-state index contributed by atoms with van der Waals surface area (Å²) in [5.74, 6) is -0.279. The molecule has 3 rings (SSSR count).